The molecule has 0 aliphatic carbocycles. The maximum Gasteiger partial charge on any atom is 0.261 e. The van der Waals surface area contributed by atoms with Crippen molar-refractivity contribution in [2.75, 3.05) is 0 Å². The molecule has 1 heterocycles. The molecule has 5 aromatic rings. The molecule has 272 valence electrons. The van der Waals surface area contributed by atoms with Gasteiger partial charge in [0.25, 0.3) is 8.32 Å². The van der Waals surface area contributed by atoms with Crippen LogP contribution in [0.25, 0.3) is 0 Å². The minimum absolute atomic E-state index is 0.0399. The van der Waals surface area contributed by atoms with Crippen LogP contribution in [-0.4, -0.2) is 31.7 Å². The Morgan fingerprint density at radius 3 is 1.65 bits per heavy atom. The van der Waals surface area contributed by atoms with Gasteiger partial charge < -0.3 is 23.7 Å². The Hall–Kier alpha value is -3.75. The Morgan fingerprint density at radius 2 is 1.17 bits per heavy atom. The fourth-order valence-electron chi connectivity index (χ4n) is 7.67. The Kier molecular flexibility index (Phi) is 12.4. The average molecular weight is 735 g/mol. The van der Waals surface area contributed by atoms with Gasteiger partial charge in [0.2, 0.25) is 0 Å². The van der Waals surface area contributed by atoms with Crippen molar-refractivity contribution < 1.29 is 23.7 Å². The molecule has 1 saturated heterocycles. The number of halogens is 1. The van der Waals surface area contributed by atoms with Gasteiger partial charge in [-0.2, -0.15) is 0 Å². The van der Waals surface area contributed by atoms with Crippen LogP contribution in [0.5, 0.6) is 5.75 Å². The molecule has 7 heteroatoms. The van der Waals surface area contributed by atoms with Crippen LogP contribution in [0, 0.1) is 5.92 Å². The maximum absolute atomic E-state index is 11.6. The van der Waals surface area contributed by atoms with Gasteiger partial charge in [-0.3, -0.25) is 0 Å². The van der Waals surface area contributed by atoms with Crippen LogP contribution in [0.4, 0.5) is 0 Å². The number of phenols is 1. The number of benzene rings is 5. The van der Waals surface area contributed by atoms with Crippen molar-refractivity contribution in [1.82, 2.24) is 0 Å². The molecule has 52 heavy (non-hydrogen) atoms. The zero-order chi connectivity index (χ0) is 36.7. The lowest BCUT2D eigenvalue weighted by molar-refractivity contribution is -0.235. The number of hydrogen-bond acceptors (Lipinski definition) is 5. The lowest BCUT2D eigenvalue weighted by Gasteiger charge is -2.46. The molecule has 6 rings (SSSR count). The molecule has 0 bridgehead atoms. The van der Waals surface area contributed by atoms with Crippen molar-refractivity contribution >= 4 is 30.3 Å². The molecule has 0 aromatic heterocycles. The van der Waals surface area contributed by atoms with Gasteiger partial charge >= 0.3 is 0 Å². The predicted molar refractivity (Wildman–Crippen MR) is 213 cm³/mol. The smallest absolute Gasteiger partial charge is 0.261 e. The van der Waals surface area contributed by atoms with E-state index >= 15 is 0 Å². The summed E-state index contributed by atoms with van der Waals surface area (Å²) in [5, 5.41) is 14.2. The van der Waals surface area contributed by atoms with Crippen LogP contribution in [-0.2, 0) is 38.5 Å². The summed E-state index contributed by atoms with van der Waals surface area (Å²) in [6, 6.07) is 45.0. The number of phenolic OH excluding ortho intramolecular Hbond substituents is 1. The molecule has 5 aromatic carbocycles. The van der Waals surface area contributed by atoms with E-state index in [1.54, 1.807) is 6.07 Å². The molecule has 1 N–H and O–H groups in total. The summed E-state index contributed by atoms with van der Waals surface area (Å²) in [4.78, 5) is 0. The molecule has 0 saturated carbocycles. The Balaban J connectivity index is 1.38. The molecular formula is C45H51ClO5Si. The summed E-state index contributed by atoms with van der Waals surface area (Å²) in [6.07, 6.45) is -0.769. The molecule has 1 aliphatic heterocycles. The first-order valence-corrected chi connectivity index (χ1v) is 20.6. The van der Waals surface area contributed by atoms with Crippen molar-refractivity contribution in [2.45, 2.75) is 90.3 Å². The SMILES string of the molecule is CC[C@H]1OC(c2cc(CO[Si](c3ccccc3)(c3ccccc3)C(C)(C)C)c(Cl)cc2O)[C@H](OCc2ccccc2)[C@@H](OCc2ccccc2)[C@@H]1C. The first-order valence-electron chi connectivity index (χ1n) is 18.3. The molecule has 0 spiro atoms. The number of hydrogen-bond donors (Lipinski definition) is 1. The van der Waals surface area contributed by atoms with E-state index in [2.05, 4.69) is 107 Å². The second-order valence-electron chi connectivity index (χ2n) is 14.8. The van der Waals surface area contributed by atoms with Crippen LogP contribution in [0.15, 0.2) is 133 Å². The van der Waals surface area contributed by atoms with Gasteiger partial charge in [-0.25, -0.2) is 0 Å². The van der Waals surface area contributed by atoms with E-state index in [0.717, 1.165) is 23.1 Å². The van der Waals surface area contributed by atoms with Crippen molar-refractivity contribution in [1.29, 1.82) is 0 Å². The molecule has 5 atom stereocenters. The predicted octanol–water partition coefficient (Wildman–Crippen LogP) is 9.78. The minimum atomic E-state index is -2.87. The van der Waals surface area contributed by atoms with Crippen molar-refractivity contribution in [3.8, 4) is 5.75 Å². The van der Waals surface area contributed by atoms with Gasteiger partial charge in [0.15, 0.2) is 0 Å². The van der Waals surface area contributed by atoms with Crippen molar-refractivity contribution in [3.63, 3.8) is 0 Å². The number of ether oxygens (including phenoxy) is 3. The zero-order valence-electron chi connectivity index (χ0n) is 30.9. The standard InChI is InChI=1S/C45H51ClO5Si/c1-6-41-32(2)42(48-29-33-19-11-7-12-20-33)44(49-30-34-21-13-8-14-22-34)43(51-41)38-27-35(39(46)28-40(38)47)31-50-52(45(3,4)5,36-23-15-9-16-24-36)37-25-17-10-18-26-37/h7-28,32,41-44,47H,6,29-31H2,1-5H3/t32-,41-,42+,43?,44-/m1/s1. The summed E-state index contributed by atoms with van der Waals surface area (Å²) < 4.78 is 27.7. The van der Waals surface area contributed by atoms with E-state index in [0.29, 0.717) is 23.8 Å². The second kappa shape index (κ2) is 16.9. The highest BCUT2D eigenvalue weighted by Gasteiger charge is 2.50. The van der Waals surface area contributed by atoms with Crippen molar-refractivity contribution in [2.24, 2.45) is 5.92 Å². The molecule has 0 radical (unpaired) electrons. The quantitative estimate of drug-likeness (QED) is 0.122. The van der Waals surface area contributed by atoms with E-state index in [1.165, 1.54) is 10.4 Å². The van der Waals surface area contributed by atoms with Crippen molar-refractivity contribution in [3.05, 3.63) is 161 Å². The highest BCUT2D eigenvalue weighted by atomic mass is 35.5. The van der Waals surface area contributed by atoms with Gasteiger partial charge in [0.05, 0.1) is 32.0 Å². The van der Waals surface area contributed by atoms with Crippen LogP contribution in [0.2, 0.25) is 10.1 Å². The largest absolute Gasteiger partial charge is 0.508 e. The average Bonchev–Trinajstić information content (AvgIpc) is 3.16. The summed E-state index contributed by atoms with van der Waals surface area (Å²) in [5.41, 5.74) is 3.53. The summed E-state index contributed by atoms with van der Waals surface area (Å²) in [6.45, 7) is 12.1. The van der Waals surface area contributed by atoms with E-state index in [1.807, 2.05) is 54.6 Å². The van der Waals surface area contributed by atoms with E-state index < -0.39 is 20.5 Å². The fraction of sp³-hybridized carbons (Fsp3) is 0.333. The lowest BCUT2D eigenvalue weighted by Crippen LogP contribution is -2.66. The topological polar surface area (TPSA) is 57.2 Å². The van der Waals surface area contributed by atoms with E-state index in [9.17, 15) is 5.11 Å². The summed E-state index contributed by atoms with van der Waals surface area (Å²) in [5.74, 6) is 0.0989. The lowest BCUT2D eigenvalue weighted by atomic mass is 9.84. The number of rotatable bonds is 13. The van der Waals surface area contributed by atoms with Gasteiger partial charge in [-0.1, -0.05) is 168 Å². The fourth-order valence-corrected chi connectivity index (χ4v) is 12.4. The van der Waals surface area contributed by atoms with Gasteiger partial charge in [-0.15, -0.1) is 0 Å². The van der Waals surface area contributed by atoms with E-state index in [-0.39, 0.29) is 35.5 Å². The van der Waals surface area contributed by atoms with Gasteiger partial charge in [0, 0.05) is 16.5 Å². The second-order valence-corrected chi connectivity index (χ2v) is 19.6. The minimum Gasteiger partial charge on any atom is -0.508 e. The third kappa shape index (κ3) is 8.23. The highest BCUT2D eigenvalue weighted by Crippen LogP contribution is 2.45. The molecule has 1 fully saturated rings. The Morgan fingerprint density at radius 1 is 0.692 bits per heavy atom. The molecular weight excluding hydrogens is 684 g/mol. The molecule has 0 amide bonds. The molecule has 5 nitrogen and oxygen atoms in total. The molecule has 1 unspecified atom stereocenters. The third-order valence-corrected chi connectivity index (χ3v) is 15.7. The van der Waals surface area contributed by atoms with Crippen LogP contribution < -0.4 is 10.4 Å². The van der Waals surface area contributed by atoms with Crippen LogP contribution in [0.1, 0.15) is 69.4 Å². The Bertz CT molecular complexity index is 1810. The molecule has 1 aliphatic rings. The van der Waals surface area contributed by atoms with Gasteiger partial charge in [0.1, 0.15) is 18.0 Å². The van der Waals surface area contributed by atoms with Gasteiger partial charge in [-0.05, 0) is 50.7 Å². The maximum atomic E-state index is 11.6. The number of aromatic hydroxyl groups is 1. The monoisotopic (exact) mass is 734 g/mol. The van der Waals surface area contributed by atoms with Crippen LogP contribution >= 0.6 is 11.6 Å². The first kappa shape index (κ1) is 38.0. The summed E-state index contributed by atoms with van der Waals surface area (Å²) >= 11 is 6.96. The first-order chi connectivity index (χ1) is 25.1. The Labute approximate surface area is 315 Å². The normalized spacial score (nSPS) is 20.8. The highest BCUT2D eigenvalue weighted by molar-refractivity contribution is 6.99. The van der Waals surface area contributed by atoms with Crippen LogP contribution in [0.3, 0.4) is 0 Å². The zero-order valence-corrected chi connectivity index (χ0v) is 32.6. The summed E-state index contributed by atoms with van der Waals surface area (Å²) in [7, 11) is -2.87. The van der Waals surface area contributed by atoms with E-state index in [4.69, 9.17) is 30.2 Å². The third-order valence-electron chi connectivity index (χ3n) is 10.4.